The number of carbonyl (C=O) groups is 1. The number of rotatable bonds is 3. The minimum absolute atomic E-state index is 0.0464. The van der Waals surface area contributed by atoms with Crippen molar-refractivity contribution in [2.24, 2.45) is 23.7 Å². The first-order valence-corrected chi connectivity index (χ1v) is 8.33. The maximum atomic E-state index is 12.0. The Morgan fingerprint density at radius 1 is 1.11 bits per heavy atom. The highest BCUT2D eigenvalue weighted by Crippen LogP contribution is 2.57. The first-order valence-electron chi connectivity index (χ1n) is 8.33. The third kappa shape index (κ3) is 2.98. The van der Waals surface area contributed by atoms with Gasteiger partial charge >= 0.3 is 5.97 Å². The summed E-state index contributed by atoms with van der Waals surface area (Å²) in [5, 5.41) is 0. The van der Waals surface area contributed by atoms with Gasteiger partial charge in [-0.3, -0.25) is 4.79 Å². The zero-order valence-corrected chi connectivity index (χ0v) is 13.1. The summed E-state index contributed by atoms with van der Waals surface area (Å²) in [7, 11) is 0. The van der Waals surface area contributed by atoms with Crippen LogP contribution in [0.4, 0.5) is 0 Å². The Balaban J connectivity index is 0.000000637. The summed E-state index contributed by atoms with van der Waals surface area (Å²) in [5.74, 6) is 2.68. The molecule has 0 amide bonds. The minimum Gasteiger partial charge on any atom is -0.459 e. The van der Waals surface area contributed by atoms with E-state index in [9.17, 15) is 4.79 Å². The number of hydrogen-bond donors (Lipinski definition) is 0. The van der Waals surface area contributed by atoms with Gasteiger partial charge in [0.2, 0.25) is 0 Å². The van der Waals surface area contributed by atoms with E-state index in [2.05, 4.69) is 6.92 Å². The van der Waals surface area contributed by atoms with Crippen LogP contribution in [0.15, 0.2) is 0 Å². The van der Waals surface area contributed by atoms with Crippen molar-refractivity contribution in [2.45, 2.75) is 78.2 Å². The Morgan fingerprint density at radius 2 is 1.53 bits per heavy atom. The summed E-state index contributed by atoms with van der Waals surface area (Å²) in [6.07, 6.45) is 8.56. The Hall–Kier alpha value is -0.530. The summed E-state index contributed by atoms with van der Waals surface area (Å²) >= 11 is 0. The van der Waals surface area contributed by atoms with Crippen molar-refractivity contribution in [1.82, 2.24) is 0 Å². The molecule has 0 heterocycles. The lowest BCUT2D eigenvalue weighted by Crippen LogP contribution is -2.53. The molecule has 0 aromatic rings. The van der Waals surface area contributed by atoms with Gasteiger partial charge in [0.15, 0.2) is 0 Å². The second-order valence-corrected chi connectivity index (χ2v) is 6.83. The van der Waals surface area contributed by atoms with Crippen molar-refractivity contribution in [3.63, 3.8) is 0 Å². The van der Waals surface area contributed by atoms with E-state index in [0.29, 0.717) is 0 Å². The van der Waals surface area contributed by atoms with Crippen LogP contribution in [0.5, 0.6) is 0 Å². The highest BCUT2D eigenvalue weighted by atomic mass is 16.6. The van der Waals surface area contributed by atoms with Gasteiger partial charge in [0.1, 0.15) is 5.60 Å². The second kappa shape index (κ2) is 5.85. The number of ether oxygens (including phenoxy) is 1. The molecular weight excluding hydrogens is 236 g/mol. The van der Waals surface area contributed by atoms with E-state index in [-0.39, 0.29) is 17.5 Å². The fourth-order valence-electron chi connectivity index (χ4n) is 4.64. The highest BCUT2D eigenvalue weighted by Gasteiger charge is 2.53. The maximum absolute atomic E-state index is 12.0. The Bertz CT molecular complexity index is 286. The molecule has 2 heteroatoms. The van der Waals surface area contributed by atoms with Gasteiger partial charge in [0.25, 0.3) is 0 Å². The topological polar surface area (TPSA) is 26.3 Å². The normalized spacial score (nSPS) is 40.3. The van der Waals surface area contributed by atoms with Gasteiger partial charge in [0.05, 0.1) is 5.92 Å². The van der Waals surface area contributed by atoms with E-state index >= 15 is 0 Å². The lowest BCUT2D eigenvalue weighted by Gasteiger charge is -2.55. The molecule has 4 fully saturated rings. The zero-order valence-electron chi connectivity index (χ0n) is 13.1. The molecule has 1 atom stereocenters. The van der Waals surface area contributed by atoms with E-state index in [4.69, 9.17) is 4.74 Å². The van der Waals surface area contributed by atoms with Crippen LogP contribution in [0.1, 0.15) is 72.6 Å². The van der Waals surface area contributed by atoms with Crippen molar-refractivity contribution < 1.29 is 9.53 Å². The maximum Gasteiger partial charge on any atom is 0.309 e. The molecule has 2 nitrogen and oxygen atoms in total. The number of esters is 1. The summed E-state index contributed by atoms with van der Waals surface area (Å²) in [4.78, 5) is 12.0. The highest BCUT2D eigenvalue weighted by molar-refractivity contribution is 5.72. The third-order valence-electron chi connectivity index (χ3n) is 5.31. The van der Waals surface area contributed by atoms with E-state index < -0.39 is 0 Å². The summed E-state index contributed by atoms with van der Waals surface area (Å²) in [6.45, 7) is 8.05. The van der Waals surface area contributed by atoms with E-state index in [0.717, 1.165) is 43.4 Å². The summed E-state index contributed by atoms with van der Waals surface area (Å²) in [6, 6.07) is 0. The molecule has 4 rings (SSSR count). The van der Waals surface area contributed by atoms with Crippen LogP contribution in [-0.2, 0) is 9.53 Å². The predicted molar refractivity (Wildman–Crippen MR) is 77.8 cm³/mol. The molecule has 19 heavy (non-hydrogen) atoms. The molecule has 0 radical (unpaired) electrons. The lowest BCUT2D eigenvalue weighted by atomic mass is 9.54. The third-order valence-corrected chi connectivity index (χ3v) is 5.31. The van der Waals surface area contributed by atoms with Crippen LogP contribution < -0.4 is 0 Å². The number of hydrogen-bond acceptors (Lipinski definition) is 2. The Morgan fingerprint density at radius 3 is 1.89 bits per heavy atom. The van der Waals surface area contributed by atoms with Gasteiger partial charge in [-0.2, -0.15) is 0 Å². The van der Waals surface area contributed by atoms with Crippen LogP contribution in [-0.4, -0.2) is 11.6 Å². The van der Waals surface area contributed by atoms with Crippen molar-refractivity contribution in [2.75, 3.05) is 0 Å². The predicted octanol–water partition coefficient (Wildman–Crippen LogP) is 4.57. The van der Waals surface area contributed by atoms with Crippen LogP contribution in [0.3, 0.4) is 0 Å². The van der Waals surface area contributed by atoms with Crippen molar-refractivity contribution in [3.05, 3.63) is 0 Å². The van der Waals surface area contributed by atoms with Gasteiger partial charge in [-0.05, 0) is 62.7 Å². The van der Waals surface area contributed by atoms with E-state index in [1.165, 1.54) is 19.3 Å². The molecule has 0 aliphatic heterocycles. The minimum atomic E-state index is -0.0464. The fourth-order valence-corrected chi connectivity index (χ4v) is 4.64. The van der Waals surface area contributed by atoms with E-state index in [1.807, 2.05) is 20.8 Å². The molecule has 4 bridgehead atoms. The molecule has 1 unspecified atom stereocenters. The SMILES string of the molecule is CC.CCC(C)C(=O)OC12CC3CC(CC(C3)C1)C2. The van der Waals surface area contributed by atoms with Crippen LogP contribution in [0, 0.1) is 23.7 Å². The summed E-state index contributed by atoms with van der Waals surface area (Å²) in [5.41, 5.74) is -0.0464. The standard InChI is InChI=1S/C15H24O2.C2H6/c1-3-10(2)14(16)17-15-7-11-4-12(8-15)6-13(5-11)9-15;1-2/h10-13H,3-9H2,1-2H3;1-2H3. The average molecular weight is 266 g/mol. The molecule has 4 aliphatic carbocycles. The van der Waals surface area contributed by atoms with E-state index in [1.54, 1.807) is 0 Å². The Kier molecular flexibility index (Phi) is 4.58. The van der Waals surface area contributed by atoms with Gasteiger partial charge in [-0.25, -0.2) is 0 Å². The molecular formula is C17H30O2. The first-order chi connectivity index (χ1) is 9.10. The Labute approximate surface area is 118 Å². The molecule has 4 saturated carbocycles. The molecule has 0 aromatic heterocycles. The van der Waals surface area contributed by atoms with Crippen LogP contribution in [0.25, 0.3) is 0 Å². The largest absolute Gasteiger partial charge is 0.459 e. The van der Waals surface area contributed by atoms with Crippen molar-refractivity contribution in [1.29, 1.82) is 0 Å². The molecule has 4 aliphatic rings. The van der Waals surface area contributed by atoms with Crippen molar-refractivity contribution in [3.8, 4) is 0 Å². The van der Waals surface area contributed by atoms with Crippen molar-refractivity contribution >= 4 is 5.97 Å². The first kappa shape index (κ1) is 14.9. The molecule has 0 spiro atoms. The number of carbonyl (C=O) groups excluding carboxylic acids is 1. The lowest BCUT2D eigenvalue weighted by molar-refractivity contribution is -0.190. The summed E-state index contributed by atoms with van der Waals surface area (Å²) < 4.78 is 5.96. The van der Waals surface area contributed by atoms with Crippen LogP contribution >= 0.6 is 0 Å². The zero-order chi connectivity index (χ0) is 14.0. The van der Waals surface area contributed by atoms with Gasteiger partial charge < -0.3 is 4.74 Å². The molecule has 0 saturated heterocycles. The fraction of sp³-hybridized carbons (Fsp3) is 0.941. The average Bonchev–Trinajstić information content (AvgIpc) is 2.38. The van der Waals surface area contributed by atoms with Gasteiger partial charge in [-0.1, -0.05) is 27.7 Å². The molecule has 0 N–H and O–H groups in total. The molecule has 110 valence electrons. The quantitative estimate of drug-likeness (QED) is 0.699. The van der Waals surface area contributed by atoms with Crippen LogP contribution in [0.2, 0.25) is 0 Å². The van der Waals surface area contributed by atoms with Gasteiger partial charge in [0, 0.05) is 0 Å². The smallest absolute Gasteiger partial charge is 0.309 e. The molecule has 0 aromatic carbocycles. The van der Waals surface area contributed by atoms with Gasteiger partial charge in [-0.15, -0.1) is 0 Å². The second-order valence-electron chi connectivity index (χ2n) is 6.83. The monoisotopic (exact) mass is 266 g/mol.